The van der Waals surface area contributed by atoms with Crippen LogP contribution in [-0.2, 0) is 9.53 Å². The first-order valence-electron chi connectivity index (χ1n) is 7.58. The molecule has 21 heavy (non-hydrogen) atoms. The van der Waals surface area contributed by atoms with Crippen molar-refractivity contribution in [1.82, 2.24) is 0 Å². The van der Waals surface area contributed by atoms with Gasteiger partial charge >= 0.3 is 5.97 Å². The van der Waals surface area contributed by atoms with Crippen molar-refractivity contribution in [3.8, 4) is 11.8 Å². The van der Waals surface area contributed by atoms with Gasteiger partial charge in [0.1, 0.15) is 6.10 Å². The predicted molar refractivity (Wildman–Crippen MR) is 81.3 cm³/mol. The Kier molecular flexibility index (Phi) is 5.83. The topological polar surface area (TPSA) is 46.5 Å². The molecule has 1 aromatic carbocycles. The van der Waals surface area contributed by atoms with Gasteiger partial charge in [0.15, 0.2) is 6.10 Å². The lowest BCUT2D eigenvalue weighted by molar-refractivity contribution is -0.144. The smallest absolute Gasteiger partial charge is 0.304 e. The van der Waals surface area contributed by atoms with Gasteiger partial charge in [-0.05, 0) is 18.8 Å². The molecule has 0 amide bonds. The van der Waals surface area contributed by atoms with E-state index in [0.717, 1.165) is 31.2 Å². The number of aliphatic hydroxyl groups is 1. The van der Waals surface area contributed by atoms with Gasteiger partial charge in [0.2, 0.25) is 0 Å². The Bertz CT molecular complexity index is 506. The van der Waals surface area contributed by atoms with E-state index in [-0.39, 0.29) is 11.9 Å². The molecule has 2 atom stereocenters. The fourth-order valence-corrected chi connectivity index (χ4v) is 2.70. The van der Waals surface area contributed by atoms with E-state index in [4.69, 9.17) is 4.74 Å². The Hall–Kier alpha value is -1.79. The number of hydrogen-bond donors (Lipinski definition) is 1. The van der Waals surface area contributed by atoms with Crippen molar-refractivity contribution in [2.45, 2.75) is 51.2 Å². The van der Waals surface area contributed by atoms with Crippen molar-refractivity contribution in [2.75, 3.05) is 0 Å². The fraction of sp³-hybridized carbons (Fsp3) is 0.500. The summed E-state index contributed by atoms with van der Waals surface area (Å²) in [6.45, 7) is 1.37. The van der Waals surface area contributed by atoms with Gasteiger partial charge in [0.05, 0.1) is 0 Å². The third kappa shape index (κ3) is 4.91. The number of esters is 1. The molecular weight excluding hydrogens is 264 g/mol. The first-order valence-corrected chi connectivity index (χ1v) is 7.58. The molecule has 0 aliphatic heterocycles. The van der Waals surface area contributed by atoms with Gasteiger partial charge in [-0.3, -0.25) is 4.79 Å². The van der Waals surface area contributed by atoms with Crippen molar-refractivity contribution in [1.29, 1.82) is 0 Å². The molecule has 1 aliphatic carbocycles. The van der Waals surface area contributed by atoms with Gasteiger partial charge in [-0.1, -0.05) is 61.4 Å². The molecular formula is C18H22O3. The minimum atomic E-state index is -0.632. The average Bonchev–Trinajstić information content (AvgIpc) is 2.52. The van der Waals surface area contributed by atoms with Crippen LogP contribution in [-0.4, -0.2) is 17.2 Å². The Labute approximate surface area is 126 Å². The van der Waals surface area contributed by atoms with Gasteiger partial charge in [-0.2, -0.15) is 0 Å². The summed E-state index contributed by atoms with van der Waals surface area (Å²) in [4.78, 5) is 11.2. The SMILES string of the molecule is CC(=O)O[C@H](C#C[C@@H](O)C1CCCCC1)c1ccccc1. The van der Waals surface area contributed by atoms with Crippen LogP contribution in [0.3, 0.4) is 0 Å². The van der Waals surface area contributed by atoms with Gasteiger partial charge in [-0.15, -0.1) is 0 Å². The van der Waals surface area contributed by atoms with Crippen LogP contribution in [0.15, 0.2) is 30.3 Å². The lowest BCUT2D eigenvalue weighted by atomic mass is 9.85. The van der Waals surface area contributed by atoms with Gasteiger partial charge in [0, 0.05) is 12.5 Å². The molecule has 0 unspecified atom stereocenters. The van der Waals surface area contributed by atoms with Crippen LogP contribution in [0.2, 0.25) is 0 Å². The molecule has 1 saturated carbocycles. The van der Waals surface area contributed by atoms with Crippen molar-refractivity contribution in [3.05, 3.63) is 35.9 Å². The van der Waals surface area contributed by atoms with Gasteiger partial charge in [0.25, 0.3) is 0 Å². The second kappa shape index (κ2) is 7.85. The minimum absolute atomic E-state index is 0.250. The summed E-state index contributed by atoms with van der Waals surface area (Å²) in [5.74, 6) is 5.69. The fourth-order valence-electron chi connectivity index (χ4n) is 2.70. The number of rotatable bonds is 3. The monoisotopic (exact) mass is 286 g/mol. The molecule has 3 nitrogen and oxygen atoms in total. The number of ether oxygens (including phenoxy) is 1. The molecule has 0 aromatic heterocycles. The molecule has 0 heterocycles. The molecule has 112 valence electrons. The number of benzene rings is 1. The van der Waals surface area contributed by atoms with E-state index in [0.29, 0.717) is 0 Å². The minimum Gasteiger partial charge on any atom is -0.444 e. The summed E-state index contributed by atoms with van der Waals surface area (Å²) in [7, 11) is 0. The van der Waals surface area contributed by atoms with Crippen molar-refractivity contribution in [2.24, 2.45) is 5.92 Å². The zero-order chi connectivity index (χ0) is 15.1. The van der Waals surface area contributed by atoms with E-state index < -0.39 is 12.2 Å². The van der Waals surface area contributed by atoms with Gasteiger partial charge < -0.3 is 9.84 Å². The molecule has 0 radical (unpaired) electrons. The third-order valence-electron chi connectivity index (χ3n) is 3.84. The second-order valence-corrected chi connectivity index (χ2v) is 5.53. The van der Waals surface area contributed by atoms with E-state index >= 15 is 0 Å². The molecule has 1 aromatic rings. The first kappa shape index (κ1) is 15.6. The Morgan fingerprint density at radius 3 is 2.48 bits per heavy atom. The highest BCUT2D eigenvalue weighted by Gasteiger charge is 2.20. The van der Waals surface area contributed by atoms with Crippen LogP contribution < -0.4 is 0 Å². The van der Waals surface area contributed by atoms with E-state index in [2.05, 4.69) is 11.8 Å². The molecule has 2 rings (SSSR count). The number of carbonyl (C=O) groups is 1. The summed E-state index contributed by atoms with van der Waals surface area (Å²) in [6, 6.07) is 9.40. The molecule has 0 bridgehead atoms. The third-order valence-corrected chi connectivity index (χ3v) is 3.84. The molecule has 1 fully saturated rings. The van der Waals surface area contributed by atoms with Crippen molar-refractivity contribution < 1.29 is 14.6 Å². The molecule has 3 heteroatoms. The highest BCUT2D eigenvalue weighted by molar-refractivity contribution is 5.66. The highest BCUT2D eigenvalue weighted by Crippen LogP contribution is 2.26. The molecule has 1 aliphatic rings. The molecule has 0 spiro atoms. The maximum Gasteiger partial charge on any atom is 0.304 e. The maximum absolute atomic E-state index is 11.2. The van der Waals surface area contributed by atoms with E-state index in [9.17, 15) is 9.90 Å². The quantitative estimate of drug-likeness (QED) is 0.685. The largest absolute Gasteiger partial charge is 0.444 e. The van der Waals surface area contributed by atoms with Crippen LogP contribution in [0.4, 0.5) is 0 Å². The summed E-state index contributed by atoms with van der Waals surface area (Å²) < 4.78 is 5.25. The van der Waals surface area contributed by atoms with Crippen LogP contribution in [0.25, 0.3) is 0 Å². The highest BCUT2D eigenvalue weighted by atomic mass is 16.5. The average molecular weight is 286 g/mol. The molecule has 0 saturated heterocycles. The van der Waals surface area contributed by atoms with E-state index in [1.165, 1.54) is 13.3 Å². The Morgan fingerprint density at radius 2 is 1.86 bits per heavy atom. The van der Waals surface area contributed by atoms with Crippen molar-refractivity contribution in [3.63, 3.8) is 0 Å². The summed E-state index contributed by atoms with van der Waals surface area (Å²) >= 11 is 0. The van der Waals surface area contributed by atoms with Crippen LogP contribution in [0, 0.1) is 17.8 Å². The second-order valence-electron chi connectivity index (χ2n) is 5.53. The van der Waals surface area contributed by atoms with Crippen molar-refractivity contribution >= 4 is 5.97 Å². The van der Waals surface area contributed by atoms with E-state index in [1.54, 1.807) is 0 Å². The van der Waals surface area contributed by atoms with E-state index in [1.807, 2.05) is 30.3 Å². The Morgan fingerprint density at radius 1 is 1.19 bits per heavy atom. The number of aliphatic hydroxyl groups excluding tert-OH is 1. The number of carbonyl (C=O) groups excluding carboxylic acids is 1. The lowest BCUT2D eigenvalue weighted by Gasteiger charge is -2.23. The van der Waals surface area contributed by atoms with Crippen LogP contribution >= 0.6 is 0 Å². The lowest BCUT2D eigenvalue weighted by Crippen LogP contribution is -2.21. The van der Waals surface area contributed by atoms with Crippen LogP contribution in [0.1, 0.15) is 50.7 Å². The summed E-state index contributed by atoms with van der Waals surface area (Å²) in [5, 5.41) is 10.2. The number of hydrogen-bond acceptors (Lipinski definition) is 3. The summed E-state index contributed by atoms with van der Waals surface area (Å²) in [5.41, 5.74) is 0.830. The molecule has 1 N–H and O–H groups in total. The summed E-state index contributed by atoms with van der Waals surface area (Å²) in [6.07, 6.45) is 4.38. The van der Waals surface area contributed by atoms with Gasteiger partial charge in [-0.25, -0.2) is 0 Å². The zero-order valence-electron chi connectivity index (χ0n) is 12.4. The Balaban J connectivity index is 2.08. The first-order chi connectivity index (χ1) is 10.2. The van der Waals surface area contributed by atoms with Crippen LogP contribution in [0.5, 0.6) is 0 Å². The predicted octanol–water partition coefficient (Wildman–Crippen LogP) is 3.24. The zero-order valence-corrected chi connectivity index (χ0v) is 12.4. The standard InChI is InChI=1S/C18H22O3/c1-14(19)21-18(16-10-6-3-7-11-16)13-12-17(20)15-8-4-2-5-9-15/h3,6-7,10-11,15,17-18,20H,2,4-5,8-9H2,1H3/t17-,18-/m1/s1. The maximum atomic E-state index is 11.2. The normalized spacial score (nSPS) is 18.2.